The number of amides is 1. The van der Waals surface area contributed by atoms with E-state index in [4.69, 9.17) is 5.73 Å². The van der Waals surface area contributed by atoms with E-state index < -0.39 is 0 Å². The van der Waals surface area contributed by atoms with E-state index in [0.717, 1.165) is 31.5 Å². The Hall–Kier alpha value is -1.62. The second-order valence-electron chi connectivity index (χ2n) is 5.20. The summed E-state index contributed by atoms with van der Waals surface area (Å²) in [6.45, 7) is 1.90. The number of halogens is 1. The summed E-state index contributed by atoms with van der Waals surface area (Å²) in [4.78, 5) is 13.7. The summed E-state index contributed by atoms with van der Waals surface area (Å²) in [6.07, 6.45) is 3.43. The Bertz CT molecular complexity index is 448. The van der Waals surface area contributed by atoms with E-state index in [1.54, 1.807) is 6.07 Å². The van der Waals surface area contributed by atoms with Crippen molar-refractivity contribution in [2.75, 3.05) is 24.5 Å². The van der Waals surface area contributed by atoms with Crippen molar-refractivity contribution in [1.82, 2.24) is 5.32 Å². The molecule has 1 amide bonds. The standard InChI is InChI=1S/C15H22FN3O/c16-12-3-1-4-14(11-12)19(9-2-8-17)10-7-15(20)18-13-5-6-13/h1,3-4,11,13H,2,5-10,17H2,(H,18,20). The maximum atomic E-state index is 13.3. The van der Waals surface area contributed by atoms with Crippen molar-refractivity contribution in [1.29, 1.82) is 0 Å². The first-order chi connectivity index (χ1) is 9.69. The molecule has 20 heavy (non-hydrogen) atoms. The molecule has 1 aliphatic carbocycles. The van der Waals surface area contributed by atoms with Crippen LogP contribution in [0.15, 0.2) is 24.3 Å². The minimum absolute atomic E-state index is 0.0710. The maximum Gasteiger partial charge on any atom is 0.221 e. The fourth-order valence-corrected chi connectivity index (χ4v) is 2.09. The van der Waals surface area contributed by atoms with E-state index in [9.17, 15) is 9.18 Å². The van der Waals surface area contributed by atoms with Gasteiger partial charge in [-0.15, -0.1) is 0 Å². The van der Waals surface area contributed by atoms with Gasteiger partial charge < -0.3 is 16.0 Å². The summed E-state index contributed by atoms with van der Waals surface area (Å²) in [5.41, 5.74) is 6.34. The highest BCUT2D eigenvalue weighted by Crippen LogP contribution is 2.19. The van der Waals surface area contributed by atoms with Crippen LogP contribution in [0.3, 0.4) is 0 Å². The molecule has 0 heterocycles. The van der Waals surface area contributed by atoms with E-state index in [2.05, 4.69) is 5.32 Å². The summed E-state index contributed by atoms with van der Waals surface area (Å²) < 4.78 is 13.3. The molecule has 0 saturated heterocycles. The fraction of sp³-hybridized carbons (Fsp3) is 0.533. The molecule has 1 saturated carbocycles. The van der Waals surface area contributed by atoms with Crippen molar-refractivity contribution in [3.8, 4) is 0 Å². The molecule has 0 atom stereocenters. The van der Waals surface area contributed by atoms with Gasteiger partial charge in [-0.1, -0.05) is 6.07 Å². The Labute approximate surface area is 119 Å². The highest BCUT2D eigenvalue weighted by molar-refractivity contribution is 5.77. The average Bonchev–Trinajstić information content (AvgIpc) is 3.22. The minimum atomic E-state index is -0.261. The highest BCUT2D eigenvalue weighted by Gasteiger charge is 2.23. The van der Waals surface area contributed by atoms with Crippen molar-refractivity contribution in [2.24, 2.45) is 5.73 Å². The van der Waals surface area contributed by atoms with Crippen molar-refractivity contribution < 1.29 is 9.18 Å². The van der Waals surface area contributed by atoms with Crippen molar-refractivity contribution in [2.45, 2.75) is 31.7 Å². The van der Waals surface area contributed by atoms with Crippen LogP contribution >= 0.6 is 0 Å². The first kappa shape index (κ1) is 14.8. The quantitative estimate of drug-likeness (QED) is 0.760. The Balaban J connectivity index is 1.90. The molecule has 0 aromatic heterocycles. The molecule has 0 spiro atoms. The van der Waals surface area contributed by atoms with Gasteiger partial charge in [0, 0.05) is 31.2 Å². The van der Waals surface area contributed by atoms with Crippen molar-refractivity contribution in [3.05, 3.63) is 30.1 Å². The zero-order chi connectivity index (χ0) is 14.4. The predicted octanol–water partition coefficient (Wildman–Crippen LogP) is 1.65. The lowest BCUT2D eigenvalue weighted by Gasteiger charge is -2.24. The molecule has 2 rings (SSSR count). The minimum Gasteiger partial charge on any atom is -0.371 e. The van der Waals surface area contributed by atoms with Gasteiger partial charge in [0.25, 0.3) is 0 Å². The highest BCUT2D eigenvalue weighted by atomic mass is 19.1. The molecule has 0 aliphatic heterocycles. The summed E-state index contributed by atoms with van der Waals surface area (Å²) in [7, 11) is 0. The van der Waals surface area contributed by atoms with Gasteiger partial charge in [-0.3, -0.25) is 4.79 Å². The molecule has 110 valence electrons. The van der Waals surface area contributed by atoms with Gasteiger partial charge in [-0.2, -0.15) is 0 Å². The molecule has 5 heteroatoms. The first-order valence-electron chi connectivity index (χ1n) is 7.19. The molecule has 1 fully saturated rings. The maximum absolute atomic E-state index is 13.3. The molecule has 4 nitrogen and oxygen atoms in total. The molecular formula is C15H22FN3O. The number of anilines is 1. The summed E-state index contributed by atoms with van der Waals surface area (Å²) in [6, 6.07) is 6.84. The summed E-state index contributed by atoms with van der Waals surface area (Å²) in [5, 5.41) is 2.96. The lowest BCUT2D eigenvalue weighted by molar-refractivity contribution is -0.121. The van der Waals surface area contributed by atoms with Gasteiger partial charge in [-0.25, -0.2) is 4.39 Å². The van der Waals surface area contributed by atoms with Crippen LogP contribution in [0, 0.1) is 5.82 Å². The SMILES string of the molecule is NCCCN(CCC(=O)NC1CC1)c1cccc(F)c1. The number of carbonyl (C=O) groups excluding carboxylic acids is 1. The Morgan fingerprint density at radius 1 is 1.40 bits per heavy atom. The molecule has 0 radical (unpaired) electrons. The summed E-state index contributed by atoms with van der Waals surface area (Å²) in [5.74, 6) is -0.190. The number of benzene rings is 1. The van der Waals surface area contributed by atoms with Gasteiger partial charge in [-0.05, 0) is 44.0 Å². The van der Waals surface area contributed by atoms with Gasteiger partial charge in [0.2, 0.25) is 5.91 Å². The molecule has 1 aromatic rings. The second kappa shape index (κ2) is 7.24. The van der Waals surface area contributed by atoms with Crippen LogP contribution < -0.4 is 16.0 Å². The Morgan fingerprint density at radius 3 is 2.85 bits per heavy atom. The number of hydrogen-bond acceptors (Lipinski definition) is 3. The number of hydrogen-bond donors (Lipinski definition) is 2. The van der Waals surface area contributed by atoms with E-state index in [1.165, 1.54) is 12.1 Å². The van der Waals surface area contributed by atoms with Crippen LogP contribution in [0.5, 0.6) is 0 Å². The molecule has 1 aliphatic rings. The first-order valence-corrected chi connectivity index (χ1v) is 7.19. The van der Waals surface area contributed by atoms with Crippen LogP contribution in [0.25, 0.3) is 0 Å². The van der Waals surface area contributed by atoms with Gasteiger partial charge in [0.05, 0.1) is 0 Å². The van der Waals surface area contributed by atoms with E-state index in [-0.39, 0.29) is 11.7 Å². The third-order valence-corrected chi connectivity index (χ3v) is 3.36. The van der Waals surface area contributed by atoms with E-state index >= 15 is 0 Å². The smallest absolute Gasteiger partial charge is 0.221 e. The lowest BCUT2D eigenvalue weighted by atomic mass is 10.2. The summed E-state index contributed by atoms with van der Waals surface area (Å²) >= 11 is 0. The molecule has 0 bridgehead atoms. The molecule has 3 N–H and O–H groups in total. The van der Waals surface area contributed by atoms with Gasteiger partial charge in [0.15, 0.2) is 0 Å². The number of rotatable bonds is 8. The number of carbonyl (C=O) groups is 1. The largest absolute Gasteiger partial charge is 0.371 e. The van der Waals surface area contributed by atoms with E-state index in [0.29, 0.717) is 25.6 Å². The fourth-order valence-electron chi connectivity index (χ4n) is 2.09. The topological polar surface area (TPSA) is 58.4 Å². The van der Waals surface area contributed by atoms with Crippen LogP contribution in [0.2, 0.25) is 0 Å². The van der Waals surface area contributed by atoms with Crippen LogP contribution in [-0.2, 0) is 4.79 Å². The van der Waals surface area contributed by atoms with Crippen molar-refractivity contribution >= 4 is 11.6 Å². The molecule has 1 aromatic carbocycles. The van der Waals surface area contributed by atoms with Crippen LogP contribution in [0.4, 0.5) is 10.1 Å². The van der Waals surface area contributed by atoms with Gasteiger partial charge >= 0.3 is 0 Å². The Kier molecular flexibility index (Phi) is 5.35. The lowest BCUT2D eigenvalue weighted by Crippen LogP contribution is -2.33. The molecule has 0 unspecified atom stereocenters. The average molecular weight is 279 g/mol. The monoisotopic (exact) mass is 279 g/mol. The Morgan fingerprint density at radius 2 is 2.20 bits per heavy atom. The van der Waals surface area contributed by atoms with Crippen molar-refractivity contribution in [3.63, 3.8) is 0 Å². The zero-order valence-corrected chi connectivity index (χ0v) is 11.6. The normalized spacial score (nSPS) is 14.1. The molecular weight excluding hydrogens is 257 g/mol. The predicted molar refractivity (Wildman–Crippen MR) is 78.1 cm³/mol. The van der Waals surface area contributed by atoms with Crippen LogP contribution in [0.1, 0.15) is 25.7 Å². The third kappa shape index (κ3) is 4.81. The zero-order valence-electron chi connectivity index (χ0n) is 11.6. The second-order valence-corrected chi connectivity index (χ2v) is 5.20. The number of nitrogens with one attached hydrogen (secondary N) is 1. The number of nitrogens with two attached hydrogens (primary N) is 1. The number of nitrogens with zero attached hydrogens (tertiary/aromatic N) is 1. The van der Waals surface area contributed by atoms with E-state index in [1.807, 2.05) is 11.0 Å². The van der Waals surface area contributed by atoms with Crippen LogP contribution in [-0.4, -0.2) is 31.6 Å². The third-order valence-electron chi connectivity index (χ3n) is 3.36. The van der Waals surface area contributed by atoms with Gasteiger partial charge in [0.1, 0.15) is 5.82 Å².